The Morgan fingerprint density at radius 2 is 2.10 bits per heavy atom. The lowest BCUT2D eigenvalue weighted by atomic mass is 10.2. The van der Waals surface area contributed by atoms with Gasteiger partial charge in [0.05, 0.1) is 25.3 Å². The number of methoxy groups -OCH3 is 2. The Morgan fingerprint density at radius 1 is 1.33 bits per heavy atom. The molecule has 0 saturated heterocycles. The molecule has 1 N–H and O–H groups in total. The minimum absolute atomic E-state index is 0.0295. The molecule has 1 aromatic heterocycles. The molecular weight excluding hydrogens is 294 g/mol. The van der Waals surface area contributed by atoms with E-state index < -0.39 is 0 Å². The lowest BCUT2D eigenvalue weighted by molar-refractivity contribution is 0.334. The van der Waals surface area contributed by atoms with Crippen LogP contribution in [0.15, 0.2) is 16.7 Å². The monoisotopic (exact) mass is 311 g/mol. The van der Waals surface area contributed by atoms with E-state index >= 15 is 0 Å². The Morgan fingerprint density at radius 3 is 2.67 bits per heavy atom. The summed E-state index contributed by atoms with van der Waals surface area (Å²) in [5.74, 6) is 2.00. The zero-order chi connectivity index (χ0) is 15.4. The first-order chi connectivity index (χ1) is 10.1. The molecule has 114 valence electrons. The van der Waals surface area contributed by atoms with Crippen LogP contribution in [0, 0.1) is 0 Å². The number of rotatable bonds is 6. The molecule has 0 saturated carbocycles. The quantitative estimate of drug-likeness (QED) is 0.884. The van der Waals surface area contributed by atoms with Crippen molar-refractivity contribution in [2.45, 2.75) is 19.4 Å². The summed E-state index contributed by atoms with van der Waals surface area (Å²) in [6, 6.07) is 3.51. The van der Waals surface area contributed by atoms with Crippen molar-refractivity contribution in [2.24, 2.45) is 0 Å². The van der Waals surface area contributed by atoms with Gasteiger partial charge in [-0.05, 0) is 25.6 Å². The maximum atomic E-state index is 6.18. The Balaban J connectivity index is 2.41. The highest BCUT2D eigenvalue weighted by atomic mass is 35.5. The number of halogens is 1. The fraction of sp³-hybridized carbons (Fsp3) is 0.429. The van der Waals surface area contributed by atoms with Crippen LogP contribution < -0.4 is 14.8 Å². The van der Waals surface area contributed by atoms with E-state index in [-0.39, 0.29) is 6.04 Å². The SMILES string of the molecule is CCC(NC)c1nc(-c2cc(Cl)c(OC)c(OC)c2)no1. The van der Waals surface area contributed by atoms with E-state index in [4.69, 9.17) is 25.6 Å². The molecule has 0 fully saturated rings. The molecule has 1 heterocycles. The highest BCUT2D eigenvalue weighted by molar-refractivity contribution is 6.32. The van der Waals surface area contributed by atoms with Crippen molar-refractivity contribution in [3.8, 4) is 22.9 Å². The van der Waals surface area contributed by atoms with E-state index in [1.54, 1.807) is 19.2 Å². The first-order valence-electron chi connectivity index (χ1n) is 6.57. The standard InChI is InChI=1S/C14H18ClN3O3/c1-5-10(16-2)14-17-13(18-21-14)8-6-9(15)12(20-4)11(7-8)19-3/h6-7,10,16H,5H2,1-4H3. The highest BCUT2D eigenvalue weighted by Gasteiger charge is 2.18. The minimum Gasteiger partial charge on any atom is -0.493 e. The van der Waals surface area contributed by atoms with Crippen molar-refractivity contribution in [3.63, 3.8) is 0 Å². The minimum atomic E-state index is 0.0295. The maximum absolute atomic E-state index is 6.18. The zero-order valence-electron chi connectivity index (χ0n) is 12.4. The summed E-state index contributed by atoms with van der Waals surface area (Å²) in [7, 11) is 4.94. The summed E-state index contributed by atoms with van der Waals surface area (Å²) < 4.78 is 15.8. The average molecular weight is 312 g/mol. The topological polar surface area (TPSA) is 69.4 Å². The molecule has 6 nitrogen and oxygen atoms in total. The summed E-state index contributed by atoms with van der Waals surface area (Å²) in [5, 5.41) is 7.54. The van der Waals surface area contributed by atoms with Crippen LogP contribution in [0.25, 0.3) is 11.4 Å². The Hall–Kier alpha value is -1.79. The number of hydrogen-bond donors (Lipinski definition) is 1. The second-order valence-corrected chi connectivity index (χ2v) is 4.81. The lowest BCUT2D eigenvalue weighted by Gasteiger charge is -2.10. The first kappa shape index (κ1) is 15.6. The first-order valence-corrected chi connectivity index (χ1v) is 6.95. The number of aromatic nitrogens is 2. The normalized spacial score (nSPS) is 12.2. The van der Waals surface area contributed by atoms with Gasteiger partial charge in [0.2, 0.25) is 11.7 Å². The Bertz CT molecular complexity index is 612. The van der Waals surface area contributed by atoms with E-state index in [1.807, 2.05) is 14.0 Å². The van der Waals surface area contributed by atoms with E-state index in [0.29, 0.717) is 33.8 Å². The Labute approximate surface area is 128 Å². The second kappa shape index (κ2) is 6.78. The molecule has 1 atom stereocenters. The van der Waals surface area contributed by atoms with Crippen LogP contribution in [0.4, 0.5) is 0 Å². The molecule has 1 aromatic carbocycles. The van der Waals surface area contributed by atoms with Gasteiger partial charge < -0.3 is 19.3 Å². The van der Waals surface area contributed by atoms with Crippen molar-refractivity contribution in [3.05, 3.63) is 23.0 Å². The van der Waals surface area contributed by atoms with Gasteiger partial charge in [-0.25, -0.2) is 0 Å². The number of nitrogens with zero attached hydrogens (tertiary/aromatic N) is 2. The van der Waals surface area contributed by atoms with Gasteiger partial charge in [-0.3, -0.25) is 0 Å². The molecule has 0 amide bonds. The number of ether oxygens (including phenoxy) is 2. The van der Waals surface area contributed by atoms with Gasteiger partial charge in [-0.15, -0.1) is 0 Å². The van der Waals surface area contributed by atoms with Gasteiger partial charge in [0, 0.05) is 5.56 Å². The molecule has 2 aromatic rings. The molecule has 1 unspecified atom stereocenters. The van der Waals surface area contributed by atoms with Crippen molar-refractivity contribution >= 4 is 11.6 Å². The Kier molecular flexibility index (Phi) is 5.03. The summed E-state index contributed by atoms with van der Waals surface area (Å²) in [6.45, 7) is 2.04. The summed E-state index contributed by atoms with van der Waals surface area (Å²) in [4.78, 5) is 4.40. The highest BCUT2D eigenvalue weighted by Crippen LogP contribution is 2.38. The summed E-state index contributed by atoms with van der Waals surface area (Å²) >= 11 is 6.18. The molecule has 21 heavy (non-hydrogen) atoms. The van der Waals surface area contributed by atoms with E-state index in [1.165, 1.54) is 7.11 Å². The largest absolute Gasteiger partial charge is 0.493 e. The molecule has 0 aliphatic rings. The predicted octanol–water partition coefficient (Wildman–Crippen LogP) is 3.08. The van der Waals surface area contributed by atoms with Crippen LogP contribution in [0.1, 0.15) is 25.3 Å². The number of nitrogens with one attached hydrogen (secondary N) is 1. The third kappa shape index (κ3) is 3.11. The van der Waals surface area contributed by atoms with Crippen LogP contribution in [0.5, 0.6) is 11.5 Å². The fourth-order valence-corrected chi connectivity index (χ4v) is 2.33. The van der Waals surface area contributed by atoms with E-state index in [9.17, 15) is 0 Å². The van der Waals surface area contributed by atoms with Crippen molar-refractivity contribution in [1.29, 1.82) is 0 Å². The van der Waals surface area contributed by atoms with Crippen LogP contribution in [-0.4, -0.2) is 31.4 Å². The summed E-state index contributed by atoms with van der Waals surface area (Å²) in [6.07, 6.45) is 0.852. The van der Waals surface area contributed by atoms with Crippen LogP contribution >= 0.6 is 11.6 Å². The third-order valence-corrected chi connectivity index (χ3v) is 3.47. The smallest absolute Gasteiger partial charge is 0.244 e. The molecule has 2 rings (SSSR count). The van der Waals surface area contributed by atoms with Gasteiger partial charge in [0.1, 0.15) is 0 Å². The van der Waals surface area contributed by atoms with Gasteiger partial charge in [0.25, 0.3) is 0 Å². The molecular formula is C14H18ClN3O3. The molecule has 0 radical (unpaired) electrons. The van der Waals surface area contributed by atoms with Crippen molar-refractivity contribution in [1.82, 2.24) is 15.5 Å². The van der Waals surface area contributed by atoms with E-state index in [0.717, 1.165) is 6.42 Å². The molecule has 0 aliphatic heterocycles. The average Bonchev–Trinajstić information content (AvgIpc) is 2.97. The predicted molar refractivity (Wildman–Crippen MR) is 79.9 cm³/mol. The third-order valence-electron chi connectivity index (χ3n) is 3.19. The molecule has 0 aliphatic carbocycles. The van der Waals surface area contributed by atoms with Crippen molar-refractivity contribution in [2.75, 3.05) is 21.3 Å². The van der Waals surface area contributed by atoms with Crippen LogP contribution in [0.2, 0.25) is 5.02 Å². The molecule has 0 bridgehead atoms. The van der Waals surface area contributed by atoms with Gasteiger partial charge in [-0.1, -0.05) is 23.7 Å². The van der Waals surface area contributed by atoms with Gasteiger partial charge in [-0.2, -0.15) is 4.98 Å². The van der Waals surface area contributed by atoms with Crippen molar-refractivity contribution < 1.29 is 14.0 Å². The molecule has 7 heteroatoms. The fourth-order valence-electron chi connectivity index (χ4n) is 2.04. The maximum Gasteiger partial charge on any atom is 0.244 e. The summed E-state index contributed by atoms with van der Waals surface area (Å²) in [5.41, 5.74) is 0.707. The lowest BCUT2D eigenvalue weighted by Crippen LogP contribution is -2.15. The van der Waals surface area contributed by atoms with Gasteiger partial charge in [0.15, 0.2) is 11.5 Å². The number of hydrogen-bond acceptors (Lipinski definition) is 6. The number of benzene rings is 1. The van der Waals surface area contributed by atoms with Crippen LogP contribution in [-0.2, 0) is 0 Å². The van der Waals surface area contributed by atoms with Crippen LogP contribution in [0.3, 0.4) is 0 Å². The van der Waals surface area contributed by atoms with E-state index in [2.05, 4.69) is 15.5 Å². The molecule has 0 spiro atoms. The second-order valence-electron chi connectivity index (χ2n) is 4.40. The zero-order valence-corrected chi connectivity index (χ0v) is 13.2. The van der Waals surface area contributed by atoms with Gasteiger partial charge >= 0.3 is 0 Å².